The van der Waals surface area contributed by atoms with Crippen molar-refractivity contribution >= 4 is 35.0 Å². The first-order chi connectivity index (χ1) is 15.6. The van der Waals surface area contributed by atoms with Crippen LogP contribution in [0.15, 0.2) is 88.5 Å². The predicted octanol–water partition coefficient (Wildman–Crippen LogP) is 6.26. The average molecular weight is 466 g/mol. The first-order valence-electron chi connectivity index (χ1n) is 9.98. The van der Waals surface area contributed by atoms with E-state index in [2.05, 4.69) is 15.5 Å². The van der Waals surface area contributed by atoms with Crippen molar-refractivity contribution in [3.8, 4) is 17.2 Å². The Morgan fingerprint density at radius 1 is 1.03 bits per heavy atom. The number of hydrogen-bond acceptors (Lipinski definition) is 6. The average Bonchev–Trinajstić information content (AvgIpc) is 3.29. The third-order valence-electron chi connectivity index (χ3n) is 4.50. The molecule has 3 aromatic carbocycles. The molecule has 8 heteroatoms. The number of nitrogens with zero attached hydrogens (tertiary/aromatic N) is 2. The maximum atomic E-state index is 13.3. The molecule has 0 aliphatic carbocycles. The number of aromatic nitrogens is 2. The number of anilines is 1. The van der Waals surface area contributed by atoms with E-state index < -0.39 is 5.25 Å². The van der Waals surface area contributed by atoms with Crippen LogP contribution in [0.3, 0.4) is 0 Å². The summed E-state index contributed by atoms with van der Waals surface area (Å²) in [6.45, 7) is 2.40. The van der Waals surface area contributed by atoms with Crippen molar-refractivity contribution in [3.05, 3.63) is 89.4 Å². The van der Waals surface area contributed by atoms with E-state index in [4.69, 9.17) is 20.8 Å². The lowest BCUT2D eigenvalue weighted by Crippen LogP contribution is -2.19. The van der Waals surface area contributed by atoms with Crippen molar-refractivity contribution in [1.82, 2.24) is 10.2 Å². The monoisotopic (exact) mass is 465 g/mol. The molecule has 1 heterocycles. The summed E-state index contributed by atoms with van der Waals surface area (Å²) >= 11 is 7.14. The molecule has 0 aliphatic heterocycles. The fourth-order valence-electron chi connectivity index (χ4n) is 3.02. The fourth-order valence-corrected chi connectivity index (χ4v) is 4.02. The Hall–Kier alpha value is -3.29. The van der Waals surface area contributed by atoms with Crippen LogP contribution < -0.4 is 10.1 Å². The minimum atomic E-state index is -0.607. The van der Waals surface area contributed by atoms with Crippen LogP contribution in [0.4, 0.5) is 5.69 Å². The van der Waals surface area contributed by atoms with Gasteiger partial charge in [-0.25, -0.2) is 0 Å². The molecule has 1 N–H and O–H groups in total. The molecule has 0 saturated heterocycles. The number of carbonyl (C=O) groups is 1. The van der Waals surface area contributed by atoms with Gasteiger partial charge < -0.3 is 14.5 Å². The van der Waals surface area contributed by atoms with Crippen LogP contribution in [-0.2, 0) is 4.79 Å². The molecule has 1 atom stereocenters. The third kappa shape index (κ3) is 5.30. The van der Waals surface area contributed by atoms with E-state index >= 15 is 0 Å². The maximum absolute atomic E-state index is 13.3. The van der Waals surface area contributed by atoms with Gasteiger partial charge in [0.25, 0.3) is 5.22 Å². The number of carbonyl (C=O) groups excluding carboxylic acids is 1. The SMILES string of the molecule is CCOc1ccccc1NC(=O)C(Sc1nnc(-c2ccc(Cl)cc2)o1)c1ccccc1. The van der Waals surface area contributed by atoms with Gasteiger partial charge in [0.15, 0.2) is 0 Å². The van der Waals surface area contributed by atoms with Crippen molar-refractivity contribution in [2.24, 2.45) is 0 Å². The highest BCUT2D eigenvalue weighted by Gasteiger charge is 2.26. The molecule has 0 spiro atoms. The van der Waals surface area contributed by atoms with Gasteiger partial charge in [-0.1, -0.05) is 54.1 Å². The minimum absolute atomic E-state index is 0.223. The number of amides is 1. The molecule has 6 nitrogen and oxygen atoms in total. The molecule has 1 amide bonds. The van der Waals surface area contributed by atoms with Crippen molar-refractivity contribution in [2.45, 2.75) is 17.4 Å². The third-order valence-corrected chi connectivity index (χ3v) is 5.84. The van der Waals surface area contributed by atoms with Crippen molar-refractivity contribution in [2.75, 3.05) is 11.9 Å². The number of benzene rings is 3. The fraction of sp³-hybridized carbons (Fsp3) is 0.125. The molecular weight excluding hydrogens is 446 g/mol. The molecule has 0 aliphatic rings. The predicted molar refractivity (Wildman–Crippen MR) is 126 cm³/mol. The van der Waals surface area contributed by atoms with Gasteiger partial charge in [0.2, 0.25) is 11.8 Å². The number of thioether (sulfide) groups is 1. The maximum Gasteiger partial charge on any atom is 0.277 e. The summed E-state index contributed by atoms with van der Waals surface area (Å²) in [6.07, 6.45) is 0. The van der Waals surface area contributed by atoms with Crippen molar-refractivity contribution < 1.29 is 13.9 Å². The van der Waals surface area contributed by atoms with E-state index in [0.717, 1.165) is 11.1 Å². The summed E-state index contributed by atoms with van der Waals surface area (Å²) in [5, 5.41) is 11.5. The van der Waals surface area contributed by atoms with Gasteiger partial charge in [-0.15, -0.1) is 10.2 Å². The summed E-state index contributed by atoms with van der Waals surface area (Å²) in [5.41, 5.74) is 2.17. The Morgan fingerprint density at radius 3 is 2.50 bits per heavy atom. The molecule has 0 saturated carbocycles. The lowest BCUT2D eigenvalue weighted by atomic mass is 10.1. The topological polar surface area (TPSA) is 77.2 Å². The van der Waals surface area contributed by atoms with E-state index in [1.165, 1.54) is 11.8 Å². The van der Waals surface area contributed by atoms with Gasteiger partial charge in [0, 0.05) is 10.6 Å². The summed E-state index contributed by atoms with van der Waals surface area (Å²) in [7, 11) is 0. The molecule has 0 bridgehead atoms. The summed E-state index contributed by atoms with van der Waals surface area (Å²) < 4.78 is 11.4. The Morgan fingerprint density at radius 2 is 1.75 bits per heavy atom. The lowest BCUT2D eigenvalue weighted by molar-refractivity contribution is -0.115. The second-order valence-corrected chi connectivity index (χ2v) is 8.20. The van der Waals surface area contributed by atoms with Gasteiger partial charge in [0.05, 0.1) is 12.3 Å². The Kier molecular flexibility index (Phi) is 7.09. The zero-order chi connectivity index (χ0) is 22.3. The summed E-state index contributed by atoms with van der Waals surface area (Å²) in [4.78, 5) is 13.3. The highest BCUT2D eigenvalue weighted by Crippen LogP contribution is 2.37. The van der Waals surface area contributed by atoms with Gasteiger partial charge in [-0.2, -0.15) is 0 Å². The number of hydrogen-bond donors (Lipinski definition) is 1. The zero-order valence-electron chi connectivity index (χ0n) is 17.2. The molecule has 1 aromatic heterocycles. The first kappa shape index (κ1) is 21.9. The summed E-state index contributed by atoms with van der Waals surface area (Å²) in [5.74, 6) is 0.751. The Bertz CT molecular complexity index is 1180. The van der Waals surface area contributed by atoms with Gasteiger partial charge in [-0.3, -0.25) is 4.79 Å². The van der Waals surface area contributed by atoms with Gasteiger partial charge in [-0.05, 0) is 60.6 Å². The first-order valence-corrected chi connectivity index (χ1v) is 11.2. The lowest BCUT2D eigenvalue weighted by Gasteiger charge is -2.17. The van der Waals surface area contributed by atoms with Crippen LogP contribution >= 0.6 is 23.4 Å². The van der Waals surface area contributed by atoms with Crippen LogP contribution in [0.25, 0.3) is 11.5 Å². The van der Waals surface area contributed by atoms with Crippen LogP contribution in [0.5, 0.6) is 5.75 Å². The van der Waals surface area contributed by atoms with E-state index in [9.17, 15) is 4.79 Å². The molecule has 0 radical (unpaired) electrons. The number of halogens is 1. The molecule has 1 unspecified atom stereocenters. The second-order valence-electron chi connectivity index (χ2n) is 6.71. The standard InChI is InChI=1S/C24H20ClN3O3S/c1-2-30-20-11-7-6-10-19(20)26-22(29)21(16-8-4-3-5-9-16)32-24-28-27-23(31-24)17-12-14-18(25)15-13-17/h3-15,21H,2H2,1H3,(H,26,29). The van der Waals surface area contributed by atoms with Crippen LogP contribution in [0, 0.1) is 0 Å². The molecule has 4 aromatic rings. The van der Waals surface area contributed by atoms with E-state index in [1.54, 1.807) is 30.3 Å². The van der Waals surface area contributed by atoms with Gasteiger partial charge >= 0.3 is 0 Å². The smallest absolute Gasteiger partial charge is 0.277 e. The molecule has 32 heavy (non-hydrogen) atoms. The Balaban J connectivity index is 1.58. The van der Waals surface area contributed by atoms with Gasteiger partial charge in [0.1, 0.15) is 11.0 Å². The highest BCUT2D eigenvalue weighted by molar-refractivity contribution is 8.00. The second kappa shape index (κ2) is 10.3. The molecular formula is C24H20ClN3O3S. The number of nitrogens with one attached hydrogen (secondary N) is 1. The summed E-state index contributed by atoms with van der Waals surface area (Å²) in [6, 6.07) is 23.9. The quantitative estimate of drug-likeness (QED) is 0.309. The van der Waals surface area contributed by atoms with E-state index in [1.807, 2.05) is 55.5 Å². The van der Waals surface area contributed by atoms with E-state index in [-0.39, 0.29) is 11.1 Å². The number of ether oxygens (including phenoxy) is 1. The molecule has 162 valence electrons. The number of para-hydroxylation sites is 2. The van der Waals surface area contributed by atoms with Crippen molar-refractivity contribution in [3.63, 3.8) is 0 Å². The largest absolute Gasteiger partial charge is 0.492 e. The van der Waals surface area contributed by atoms with Crippen LogP contribution in [0.2, 0.25) is 5.02 Å². The molecule has 4 rings (SSSR count). The normalized spacial score (nSPS) is 11.7. The molecule has 0 fully saturated rings. The van der Waals surface area contributed by atoms with Crippen LogP contribution in [0.1, 0.15) is 17.7 Å². The zero-order valence-corrected chi connectivity index (χ0v) is 18.8. The minimum Gasteiger partial charge on any atom is -0.492 e. The van der Waals surface area contributed by atoms with E-state index in [0.29, 0.717) is 29.0 Å². The highest BCUT2D eigenvalue weighted by atomic mass is 35.5. The number of rotatable bonds is 8. The van der Waals surface area contributed by atoms with Crippen LogP contribution in [-0.4, -0.2) is 22.7 Å². The van der Waals surface area contributed by atoms with Crippen molar-refractivity contribution in [1.29, 1.82) is 0 Å². The Labute approximate surface area is 195 Å².